The zero-order valence-corrected chi connectivity index (χ0v) is 9.04. The molecular weight excluding hydrogens is 254 g/mol. The maximum absolute atomic E-state index is 12.7. The van der Waals surface area contributed by atoms with E-state index in [0.717, 1.165) is 12.1 Å². The highest BCUT2D eigenvalue weighted by Gasteiger charge is 2.52. The molecular formula is C11H9F4NO2. The minimum absolute atomic E-state index is 0.287. The Morgan fingerprint density at radius 2 is 1.72 bits per heavy atom. The van der Waals surface area contributed by atoms with Crippen molar-refractivity contribution in [1.29, 1.82) is 0 Å². The summed E-state index contributed by atoms with van der Waals surface area (Å²) in [5.74, 6) is -2.49. The molecule has 0 radical (unpaired) electrons. The standard InChI is InChI=1S/C11H9F4NO2/c12-8-3-1-7(2-4-8)10(18)5-16(6-10)9(17)11(13,14)15/h1-4,18H,5-6H2. The lowest BCUT2D eigenvalue weighted by Crippen LogP contribution is -2.63. The van der Waals surface area contributed by atoms with Crippen molar-refractivity contribution in [1.82, 2.24) is 4.90 Å². The van der Waals surface area contributed by atoms with E-state index in [4.69, 9.17) is 0 Å². The average molecular weight is 263 g/mol. The van der Waals surface area contributed by atoms with Crippen LogP contribution in [0.1, 0.15) is 5.56 Å². The average Bonchev–Trinajstić information content (AvgIpc) is 2.23. The first kappa shape index (κ1) is 12.8. The lowest BCUT2D eigenvalue weighted by atomic mass is 9.86. The van der Waals surface area contributed by atoms with Gasteiger partial charge < -0.3 is 10.0 Å². The van der Waals surface area contributed by atoms with Gasteiger partial charge in [-0.05, 0) is 17.7 Å². The summed E-state index contributed by atoms with van der Waals surface area (Å²) in [7, 11) is 0. The molecule has 1 aromatic carbocycles. The number of halogens is 4. The van der Waals surface area contributed by atoms with Gasteiger partial charge in [0.05, 0.1) is 13.1 Å². The molecule has 1 heterocycles. The van der Waals surface area contributed by atoms with Crippen LogP contribution in [0.3, 0.4) is 0 Å². The van der Waals surface area contributed by atoms with Gasteiger partial charge in [-0.3, -0.25) is 4.79 Å². The number of β-amino-alcohol motifs (C(OH)–C–C–N with tert-alkyl or cyclic N) is 1. The Labute approximate surface area is 99.6 Å². The molecule has 1 aromatic rings. The number of likely N-dealkylation sites (tertiary alicyclic amines) is 1. The van der Waals surface area contributed by atoms with Crippen molar-refractivity contribution < 1.29 is 27.5 Å². The van der Waals surface area contributed by atoms with E-state index in [0.29, 0.717) is 4.90 Å². The Bertz CT molecular complexity index is 463. The summed E-state index contributed by atoms with van der Waals surface area (Å²) in [6.45, 7) is -0.895. The highest BCUT2D eigenvalue weighted by atomic mass is 19.4. The molecule has 3 nitrogen and oxygen atoms in total. The molecule has 0 bridgehead atoms. The number of hydrogen-bond acceptors (Lipinski definition) is 2. The van der Waals surface area contributed by atoms with E-state index in [1.54, 1.807) is 0 Å². The van der Waals surface area contributed by atoms with Crippen molar-refractivity contribution in [3.63, 3.8) is 0 Å². The summed E-state index contributed by atoms with van der Waals surface area (Å²) < 4.78 is 49.0. The van der Waals surface area contributed by atoms with Crippen LogP contribution < -0.4 is 0 Å². The van der Waals surface area contributed by atoms with Crippen molar-refractivity contribution in [3.05, 3.63) is 35.6 Å². The number of benzene rings is 1. The molecule has 1 saturated heterocycles. The van der Waals surface area contributed by atoms with Crippen LogP contribution in [0.15, 0.2) is 24.3 Å². The zero-order chi connectivity index (χ0) is 13.6. The largest absolute Gasteiger partial charge is 0.471 e. The van der Waals surface area contributed by atoms with Crippen LogP contribution in [0.2, 0.25) is 0 Å². The van der Waals surface area contributed by atoms with E-state index >= 15 is 0 Å². The van der Waals surface area contributed by atoms with Crippen LogP contribution in [-0.4, -0.2) is 35.2 Å². The normalized spacial score (nSPS) is 18.4. The molecule has 0 atom stereocenters. The summed E-state index contributed by atoms with van der Waals surface area (Å²) >= 11 is 0. The Morgan fingerprint density at radius 3 is 2.17 bits per heavy atom. The summed E-state index contributed by atoms with van der Waals surface area (Å²) in [4.78, 5) is 11.4. The maximum atomic E-state index is 12.7. The first-order chi connectivity index (χ1) is 8.22. The van der Waals surface area contributed by atoms with Crippen molar-refractivity contribution in [2.24, 2.45) is 0 Å². The molecule has 1 amide bonds. The van der Waals surface area contributed by atoms with Crippen molar-refractivity contribution in [2.45, 2.75) is 11.8 Å². The van der Waals surface area contributed by atoms with E-state index in [1.165, 1.54) is 12.1 Å². The third kappa shape index (κ3) is 2.17. The fourth-order valence-corrected chi connectivity index (χ4v) is 1.85. The number of carbonyl (C=O) groups is 1. The first-order valence-electron chi connectivity index (χ1n) is 5.07. The smallest absolute Gasteiger partial charge is 0.381 e. The Morgan fingerprint density at radius 1 is 1.22 bits per heavy atom. The predicted octanol–water partition coefficient (Wildman–Crippen LogP) is 1.42. The Kier molecular flexibility index (Phi) is 2.81. The molecule has 2 rings (SSSR count). The van der Waals surface area contributed by atoms with Crippen molar-refractivity contribution in [3.8, 4) is 0 Å². The number of hydrogen-bond donors (Lipinski definition) is 1. The lowest BCUT2D eigenvalue weighted by Gasteiger charge is -2.46. The van der Waals surface area contributed by atoms with Crippen LogP contribution in [0.25, 0.3) is 0 Å². The second kappa shape index (κ2) is 3.94. The van der Waals surface area contributed by atoms with Crippen molar-refractivity contribution in [2.75, 3.05) is 13.1 Å². The maximum Gasteiger partial charge on any atom is 0.471 e. The number of alkyl halides is 3. The first-order valence-corrected chi connectivity index (χ1v) is 5.07. The molecule has 0 saturated carbocycles. The van der Waals surface area contributed by atoms with Crippen molar-refractivity contribution >= 4 is 5.91 Å². The minimum atomic E-state index is -4.94. The van der Waals surface area contributed by atoms with Gasteiger partial charge in [0.15, 0.2) is 0 Å². The molecule has 98 valence electrons. The monoisotopic (exact) mass is 263 g/mol. The van der Waals surface area contributed by atoms with E-state index in [1.807, 2.05) is 0 Å². The van der Waals surface area contributed by atoms with E-state index in [2.05, 4.69) is 0 Å². The lowest BCUT2D eigenvalue weighted by molar-refractivity contribution is -0.204. The van der Waals surface area contributed by atoms with Gasteiger partial charge in [0.2, 0.25) is 0 Å². The second-order valence-corrected chi connectivity index (χ2v) is 4.20. The molecule has 0 unspecified atom stereocenters. The van der Waals surface area contributed by atoms with Gasteiger partial charge in [-0.2, -0.15) is 13.2 Å². The third-order valence-electron chi connectivity index (χ3n) is 2.82. The summed E-state index contributed by atoms with van der Waals surface area (Å²) in [6, 6.07) is 4.76. The van der Waals surface area contributed by atoms with E-state index in [-0.39, 0.29) is 5.56 Å². The van der Waals surface area contributed by atoms with Gasteiger partial charge in [-0.1, -0.05) is 12.1 Å². The van der Waals surface area contributed by atoms with Gasteiger partial charge >= 0.3 is 12.1 Å². The zero-order valence-electron chi connectivity index (χ0n) is 9.04. The fraction of sp³-hybridized carbons (Fsp3) is 0.364. The quantitative estimate of drug-likeness (QED) is 0.778. The van der Waals surface area contributed by atoms with Gasteiger partial charge in [0.1, 0.15) is 11.4 Å². The predicted molar refractivity (Wildman–Crippen MR) is 52.9 cm³/mol. The molecule has 18 heavy (non-hydrogen) atoms. The Hall–Kier alpha value is -1.63. The second-order valence-electron chi connectivity index (χ2n) is 4.20. The summed E-state index contributed by atoms with van der Waals surface area (Å²) in [5.41, 5.74) is -1.25. The molecule has 1 aliphatic heterocycles. The van der Waals surface area contributed by atoms with Gasteiger partial charge in [0.25, 0.3) is 0 Å². The molecule has 0 spiro atoms. The SMILES string of the molecule is O=C(N1CC(O)(c2ccc(F)cc2)C1)C(F)(F)F. The summed E-state index contributed by atoms with van der Waals surface area (Å²) in [6.07, 6.45) is -4.94. The van der Waals surface area contributed by atoms with Gasteiger partial charge in [0, 0.05) is 0 Å². The van der Waals surface area contributed by atoms with Crippen LogP contribution >= 0.6 is 0 Å². The number of carbonyl (C=O) groups excluding carboxylic acids is 1. The molecule has 1 aliphatic rings. The number of nitrogens with zero attached hydrogens (tertiary/aromatic N) is 1. The molecule has 1 fully saturated rings. The number of amides is 1. The van der Waals surface area contributed by atoms with Crippen LogP contribution in [-0.2, 0) is 10.4 Å². The molecule has 0 aromatic heterocycles. The van der Waals surface area contributed by atoms with Gasteiger partial charge in [-0.15, -0.1) is 0 Å². The summed E-state index contributed by atoms with van der Waals surface area (Å²) in [5, 5.41) is 9.97. The van der Waals surface area contributed by atoms with Crippen LogP contribution in [0.5, 0.6) is 0 Å². The molecule has 0 aliphatic carbocycles. The van der Waals surface area contributed by atoms with E-state index in [9.17, 15) is 27.5 Å². The topological polar surface area (TPSA) is 40.5 Å². The fourth-order valence-electron chi connectivity index (χ4n) is 1.85. The molecule has 1 N–H and O–H groups in total. The van der Waals surface area contributed by atoms with Crippen LogP contribution in [0, 0.1) is 5.82 Å². The van der Waals surface area contributed by atoms with E-state index < -0.39 is 36.6 Å². The number of rotatable bonds is 1. The molecule has 7 heteroatoms. The number of aliphatic hydroxyl groups is 1. The minimum Gasteiger partial charge on any atom is -0.381 e. The highest BCUT2D eigenvalue weighted by molar-refractivity contribution is 5.83. The van der Waals surface area contributed by atoms with Crippen LogP contribution in [0.4, 0.5) is 17.6 Å². The third-order valence-corrected chi connectivity index (χ3v) is 2.82. The Balaban J connectivity index is 2.07. The highest BCUT2D eigenvalue weighted by Crippen LogP contribution is 2.34. The van der Waals surface area contributed by atoms with Gasteiger partial charge in [-0.25, -0.2) is 4.39 Å².